The summed E-state index contributed by atoms with van der Waals surface area (Å²) in [6.07, 6.45) is 0. The fourth-order valence-electron chi connectivity index (χ4n) is 1.61. The Hall–Kier alpha value is -1.49. The van der Waals surface area contributed by atoms with E-state index in [-0.39, 0.29) is 10.7 Å². The second-order valence-corrected chi connectivity index (χ2v) is 6.70. The molecule has 1 aromatic carbocycles. The van der Waals surface area contributed by atoms with Crippen molar-refractivity contribution in [3.05, 3.63) is 18.2 Å². The van der Waals surface area contributed by atoms with E-state index in [0.717, 1.165) is 15.8 Å². The molecule has 17 heavy (non-hydrogen) atoms. The van der Waals surface area contributed by atoms with Crippen LogP contribution in [0.1, 0.15) is 20.8 Å². The second-order valence-electron chi connectivity index (χ2n) is 4.83. The third kappa shape index (κ3) is 2.61. The van der Waals surface area contributed by atoms with Crippen LogP contribution in [0.15, 0.2) is 23.1 Å². The molecule has 0 saturated carbocycles. The van der Waals surface area contributed by atoms with Gasteiger partial charge >= 0.3 is 0 Å². The minimum absolute atomic E-state index is 0.113. The Labute approximate surface area is 105 Å². The quantitative estimate of drug-likeness (QED) is 0.759. The Morgan fingerprint density at radius 3 is 2.47 bits per heavy atom. The highest BCUT2D eigenvalue weighted by atomic mass is 32.2. The first kappa shape index (κ1) is 12.0. The third-order valence-corrected chi connectivity index (χ3v) is 3.32. The van der Waals surface area contributed by atoms with Crippen molar-refractivity contribution in [1.29, 1.82) is 0 Å². The monoisotopic (exact) mass is 248 g/mol. The zero-order chi connectivity index (χ0) is 12.6. The molecule has 90 valence electrons. The van der Waals surface area contributed by atoms with Crippen LogP contribution in [0.3, 0.4) is 0 Å². The number of anilines is 2. The van der Waals surface area contributed by atoms with Crippen LogP contribution in [0.4, 0.5) is 11.8 Å². The SMILES string of the molecule is CC(C)(C)Sc1cccc2nc(N)nc(N)c12. The van der Waals surface area contributed by atoms with E-state index < -0.39 is 0 Å². The van der Waals surface area contributed by atoms with Gasteiger partial charge < -0.3 is 11.5 Å². The molecule has 0 aliphatic rings. The van der Waals surface area contributed by atoms with Crippen molar-refractivity contribution in [2.45, 2.75) is 30.4 Å². The molecule has 1 aromatic heterocycles. The fourth-order valence-corrected chi connectivity index (χ4v) is 2.73. The molecule has 0 amide bonds. The molecule has 0 bridgehead atoms. The third-order valence-electron chi connectivity index (χ3n) is 2.15. The van der Waals surface area contributed by atoms with Crippen LogP contribution in [0.2, 0.25) is 0 Å². The van der Waals surface area contributed by atoms with Gasteiger partial charge in [-0.05, 0) is 12.1 Å². The molecule has 0 aliphatic carbocycles. The van der Waals surface area contributed by atoms with Crippen molar-refractivity contribution in [2.24, 2.45) is 0 Å². The Bertz CT molecular complexity index is 560. The van der Waals surface area contributed by atoms with Gasteiger partial charge in [0.25, 0.3) is 0 Å². The van der Waals surface area contributed by atoms with E-state index in [0.29, 0.717) is 5.82 Å². The summed E-state index contributed by atoms with van der Waals surface area (Å²) in [4.78, 5) is 9.31. The van der Waals surface area contributed by atoms with Gasteiger partial charge in [-0.1, -0.05) is 26.8 Å². The summed E-state index contributed by atoms with van der Waals surface area (Å²) in [7, 11) is 0. The number of nitrogens with zero attached hydrogens (tertiary/aromatic N) is 2. The first-order chi connectivity index (χ1) is 7.87. The van der Waals surface area contributed by atoms with E-state index in [1.54, 1.807) is 11.8 Å². The molecule has 0 fully saturated rings. The first-order valence-corrected chi connectivity index (χ1v) is 6.19. The lowest BCUT2D eigenvalue weighted by molar-refractivity contribution is 0.803. The predicted octanol–water partition coefficient (Wildman–Crippen LogP) is 2.68. The van der Waals surface area contributed by atoms with Crippen molar-refractivity contribution in [3.63, 3.8) is 0 Å². The Morgan fingerprint density at radius 2 is 1.82 bits per heavy atom. The van der Waals surface area contributed by atoms with Crippen LogP contribution < -0.4 is 11.5 Å². The van der Waals surface area contributed by atoms with Crippen LogP contribution in [-0.2, 0) is 0 Å². The number of thioether (sulfide) groups is 1. The molecule has 4 N–H and O–H groups in total. The molecule has 2 aromatic rings. The van der Waals surface area contributed by atoms with Gasteiger partial charge in [-0.15, -0.1) is 11.8 Å². The molecule has 0 radical (unpaired) electrons. The van der Waals surface area contributed by atoms with Crippen LogP contribution in [0.25, 0.3) is 10.9 Å². The molecule has 0 saturated heterocycles. The number of nitrogen functional groups attached to an aromatic ring is 2. The summed E-state index contributed by atoms with van der Waals surface area (Å²) in [6.45, 7) is 6.47. The van der Waals surface area contributed by atoms with Crippen molar-refractivity contribution in [3.8, 4) is 0 Å². The molecule has 0 unspecified atom stereocenters. The van der Waals surface area contributed by atoms with E-state index in [1.165, 1.54) is 0 Å². The van der Waals surface area contributed by atoms with Crippen molar-refractivity contribution in [2.75, 3.05) is 11.5 Å². The number of benzene rings is 1. The van der Waals surface area contributed by atoms with Gasteiger partial charge in [0.2, 0.25) is 5.95 Å². The summed E-state index contributed by atoms with van der Waals surface area (Å²) in [5.41, 5.74) is 12.3. The molecule has 4 nitrogen and oxygen atoms in total. The van der Waals surface area contributed by atoms with Gasteiger partial charge in [0.15, 0.2) is 0 Å². The maximum atomic E-state index is 5.93. The number of hydrogen-bond acceptors (Lipinski definition) is 5. The molecular formula is C12H16N4S. The number of hydrogen-bond donors (Lipinski definition) is 2. The van der Waals surface area contributed by atoms with Gasteiger partial charge in [0.05, 0.1) is 10.9 Å². The van der Waals surface area contributed by atoms with E-state index >= 15 is 0 Å². The van der Waals surface area contributed by atoms with E-state index in [9.17, 15) is 0 Å². The second kappa shape index (κ2) is 4.07. The van der Waals surface area contributed by atoms with Crippen molar-refractivity contribution < 1.29 is 0 Å². The Balaban J connectivity index is 2.65. The highest BCUT2D eigenvalue weighted by molar-refractivity contribution is 8.00. The van der Waals surface area contributed by atoms with E-state index in [1.807, 2.05) is 18.2 Å². The molecule has 1 heterocycles. The standard InChI is InChI=1S/C12H16N4S/c1-12(2,3)17-8-6-4-5-7-9(8)10(13)16-11(14)15-7/h4-6H,1-3H3,(H4,13,14,15,16). The van der Waals surface area contributed by atoms with Crippen LogP contribution in [0, 0.1) is 0 Å². The van der Waals surface area contributed by atoms with Crippen LogP contribution in [0.5, 0.6) is 0 Å². The maximum Gasteiger partial charge on any atom is 0.222 e. The van der Waals surface area contributed by atoms with E-state index in [4.69, 9.17) is 11.5 Å². The average Bonchev–Trinajstić information content (AvgIpc) is 2.13. The van der Waals surface area contributed by atoms with Crippen molar-refractivity contribution in [1.82, 2.24) is 9.97 Å². The molecule has 5 heteroatoms. The summed E-state index contributed by atoms with van der Waals surface area (Å²) in [5, 5.41) is 0.890. The number of nitrogens with two attached hydrogens (primary N) is 2. The van der Waals surface area contributed by atoms with E-state index in [2.05, 4.69) is 30.7 Å². The number of rotatable bonds is 1. The zero-order valence-electron chi connectivity index (χ0n) is 10.2. The minimum atomic E-state index is 0.113. The lowest BCUT2D eigenvalue weighted by Gasteiger charge is -2.19. The number of aromatic nitrogens is 2. The zero-order valence-corrected chi connectivity index (χ0v) is 11.0. The molecule has 0 atom stereocenters. The largest absolute Gasteiger partial charge is 0.383 e. The summed E-state index contributed by atoms with van der Waals surface area (Å²) in [5.74, 6) is 0.660. The normalized spacial score (nSPS) is 11.9. The topological polar surface area (TPSA) is 77.8 Å². The van der Waals surface area contributed by atoms with Crippen LogP contribution in [-0.4, -0.2) is 14.7 Å². The van der Waals surface area contributed by atoms with Gasteiger partial charge in [0.1, 0.15) is 5.82 Å². The highest BCUT2D eigenvalue weighted by Gasteiger charge is 2.16. The van der Waals surface area contributed by atoms with Crippen molar-refractivity contribution >= 4 is 34.4 Å². The van der Waals surface area contributed by atoms with Crippen LogP contribution >= 0.6 is 11.8 Å². The minimum Gasteiger partial charge on any atom is -0.383 e. The number of fused-ring (bicyclic) bond motifs is 1. The van der Waals surface area contributed by atoms with Gasteiger partial charge in [-0.3, -0.25) is 0 Å². The van der Waals surface area contributed by atoms with Gasteiger partial charge in [-0.2, -0.15) is 4.98 Å². The molecular weight excluding hydrogens is 232 g/mol. The fraction of sp³-hybridized carbons (Fsp3) is 0.333. The molecule has 0 aliphatic heterocycles. The Morgan fingerprint density at radius 1 is 1.12 bits per heavy atom. The molecule has 0 spiro atoms. The maximum absolute atomic E-state index is 5.93. The Kier molecular flexibility index (Phi) is 2.87. The lowest BCUT2D eigenvalue weighted by Crippen LogP contribution is -2.07. The first-order valence-electron chi connectivity index (χ1n) is 5.37. The summed E-state index contributed by atoms with van der Waals surface area (Å²) < 4.78 is 0.113. The predicted molar refractivity (Wildman–Crippen MR) is 74.0 cm³/mol. The summed E-state index contributed by atoms with van der Waals surface area (Å²) >= 11 is 1.75. The average molecular weight is 248 g/mol. The molecule has 2 rings (SSSR count). The lowest BCUT2D eigenvalue weighted by atomic mass is 10.2. The van der Waals surface area contributed by atoms with Gasteiger partial charge in [-0.25, -0.2) is 4.98 Å². The highest BCUT2D eigenvalue weighted by Crippen LogP contribution is 2.37. The van der Waals surface area contributed by atoms with Gasteiger partial charge in [0, 0.05) is 9.64 Å². The smallest absolute Gasteiger partial charge is 0.222 e. The summed E-state index contributed by atoms with van der Waals surface area (Å²) in [6, 6.07) is 5.90.